The third-order valence-electron chi connectivity index (χ3n) is 2.27. The number of pyridine rings is 2. The van der Waals surface area contributed by atoms with E-state index < -0.39 is 0 Å². The van der Waals surface area contributed by atoms with E-state index in [4.69, 9.17) is 5.73 Å². The number of nitrogens with two attached hydrogens (primary N) is 1. The molecule has 3 rings (SSSR count). The predicted molar refractivity (Wildman–Crippen MR) is 65.8 cm³/mol. The van der Waals surface area contributed by atoms with Gasteiger partial charge in [-0.15, -0.1) is 10.2 Å². The summed E-state index contributed by atoms with van der Waals surface area (Å²) in [5, 5.41) is 9.68. The molecule has 3 aromatic heterocycles. The Labute approximate surface area is 102 Å². The number of hydrogen-bond acceptors (Lipinski definition) is 5. The minimum atomic E-state index is 0.644. The molecule has 5 nitrogen and oxygen atoms in total. The third-order valence-corrected chi connectivity index (χ3v) is 3.27. The van der Waals surface area contributed by atoms with E-state index in [2.05, 4.69) is 15.2 Å². The lowest BCUT2D eigenvalue weighted by atomic mass is 10.4. The van der Waals surface area contributed by atoms with Gasteiger partial charge in [0.25, 0.3) is 0 Å². The van der Waals surface area contributed by atoms with Crippen molar-refractivity contribution in [3.05, 3.63) is 42.7 Å². The SMILES string of the molecule is Nc1cccnc1Sc1nnc2ccccn12. The molecule has 0 fully saturated rings. The maximum absolute atomic E-state index is 5.84. The van der Waals surface area contributed by atoms with Crippen molar-refractivity contribution in [2.45, 2.75) is 10.2 Å². The topological polar surface area (TPSA) is 69.1 Å². The summed E-state index contributed by atoms with van der Waals surface area (Å²) in [7, 11) is 0. The highest BCUT2D eigenvalue weighted by molar-refractivity contribution is 7.99. The summed E-state index contributed by atoms with van der Waals surface area (Å²) in [5.74, 6) is 0. The molecule has 0 saturated heterocycles. The van der Waals surface area contributed by atoms with Crippen molar-refractivity contribution in [1.82, 2.24) is 19.6 Å². The second-order valence-corrected chi connectivity index (χ2v) is 4.37. The summed E-state index contributed by atoms with van der Waals surface area (Å²) >= 11 is 1.40. The van der Waals surface area contributed by atoms with Gasteiger partial charge >= 0.3 is 0 Å². The van der Waals surface area contributed by atoms with E-state index in [1.54, 1.807) is 12.3 Å². The zero-order valence-corrected chi connectivity index (χ0v) is 9.63. The molecule has 0 aliphatic carbocycles. The number of nitrogen functional groups attached to an aromatic ring is 1. The van der Waals surface area contributed by atoms with Gasteiger partial charge in [0.05, 0.1) is 5.69 Å². The van der Waals surface area contributed by atoms with E-state index in [-0.39, 0.29) is 0 Å². The first-order valence-corrected chi connectivity index (χ1v) is 5.84. The van der Waals surface area contributed by atoms with E-state index in [1.165, 1.54) is 11.8 Å². The molecule has 0 unspecified atom stereocenters. The summed E-state index contributed by atoms with van der Waals surface area (Å²) in [6.07, 6.45) is 3.62. The van der Waals surface area contributed by atoms with Crippen LogP contribution in [-0.4, -0.2) is 19.6 Å². The van der Waals surface area contributed by atoms with Crippen molar-refractivity contribution in [2.24, 2.45) is 0 Å². The predicted octanol–water partition coefficient (Wildman–Crippen LogP) is 1.86. The van der Waals surface area contributed by atoms with E-state index in [9.17, 15) is 0 Å². The van der Waals surface area contributed by atoms with Crippen LogP contribution in [0, 0.1) is 0 Å². The summed E-state index contributed by atoms with van der Waals surface area (Å²) in [6, 6.07) is 9.38. The highest BCUT2D eigenvalue weighted by atomic mass is 32.2. The quantitative estimate of drug-likeness (QED) is 0.744. The summed E-state index contributed by atoms with van der Waals surface area (Å²) in [6.45, 7) is 0. The first-order valence-electron chi connectivity index (χ1n) is 5.03. The largest absolute Gasteiger partial charge is 0.397 e. The molecule has 6 heteroatoms. The summed E-state index contributed by atoms with van der Waals surface area (Å²) in [4.78, 5) is 4.22. The lowest BCUT2D eigenvalue weighted by Crippen LogP contribution is -1.92. The molecule has 0 amide bonds. The number of fused-ring (bicyclic) bond motifs is 1. The molecule has 3 aromatic rings. The molecule has 0 spiro atoms. The van der Waals surface area contributed by atoms with Gasteiger partial charge in [-0.25, -0.2) is 4.98 Å². The van der Waals surface area contributed by atoms with Gasteiger partial charge in [0.1, 0.15) is 5.03 Å². The Morgan fingerprint density at radius 3 is 2.94 bits per heavy atom. The van der Waals surface area contributed by atoms with Gasteiger partial charge < -0.3 is 5.73 Å². The molecule has 2 N–H and O–H groups in total. The van der Waals surface area contributed by atoms with E-state index >= 15 is 0 Å². The maximum atomic E-state index is 5.84. The fourth-order valence-electron chi connectivity index (χ4n) is 1.46. The summed E-state index contributed by atoms with van der Waals surface area (Å²) in [5.41, 5.74) is 7.29. The van der Waals surface area contributed by atoms with Gasteiger partial charge in [-0.1, -0.05) is 6.07 Å². The minimum Gasteiger partial charge on any atom is -0.397 e. The van der Waals surface area contributed by atoms with Crippen LogP contribution in [0.25, 0.3) is 5.65 Å². The monoisotopic (exact) mass is 243 g/mol. The molecule has 0 aliphatic rings. The smallest absolute Gasteiger partial charge is 0.201 e. The van der Waals surface area contributed by atoms with Crippen LogP contribution in [-0.2, 0) is 0 Å². The first-order chi connectivity index (χ1) is 8.34. The summed E-state index contributed by atoms with van der Waals surface area (Å²) < 4.78 is 1.90. The number of aromatic nitrogens is 4. The Kier molecular flexibility index (Phi) is 2.41. The zero-order chi connectivity index (χ0) is 11.7. The molecule has 0 aliphatic heterocycles. The van der Waals surface area contributed by atoms with E-state index in [0.717, 1.165) is 15.8 Å². The van der Waals surface area contributed by atoms with Crippen molar-refractivity contribution in [3.8, 4) is 0 Å². The van der Waals surface area contributed by atoms with Crippen LogP contribution in [0.1, 0.15) is 0 Å². The lowest BCUT2D eigenvalue weighted by Gasteiger charge is -2.01. The highest BCUT2D eigenvalue weighted by Crippen LogP contribution is 2.28. The molecular formula is C11H9N5S. The highest BCUT2D eigenvalue weighted by Gasteiger charge is 2.09. The second-order valence-electron chi connectivity index (χ2n) is 3.41. The number of hydrogen-bond donors (Lipinski definition) is 1. The standard InChI is InChI=1S/C11H9N5S/c12-8-4-3-6-13-10(8)17-11-15-14-9-5-1-2-7-16(9)11/h1-7H,12H2. The molecular weight excluding hydrogens is 234 g/mol. The number of anilines is 1. The van der Waals surface area contributed by atoms with Crippen molar-refractivity contribution < 1.29 is 0 Å². The molecule has 0 radical (unpaired) electrons. The molecule has 17 heavy (non-hydrogen) atoms. The van der Waals surface area contributed by atoms with Crippen molar-refractivity contribution in [1.29, 1.82) is 0 Å². The van der Waals surface area contributed by atoms with E-state index in [0.29, 0.717) is 5.69 Å². The molecule has 0 bridgehead atoms. The number of nitrogens with zero attached hydrogens (tertiary/aromatic N) is 4. The van der Waals surface area contributed by atoms with E-state index in [1.807, 2.05) is 34.9 Å². The Bertz CT molecular complexity index is 664. The van der Waals surface area contributed by atoms with Crippen molar-refractivity contribution in [3.63, 3.8) is 0 Å². The lowest BCUT2D eigenvalue weighted by molar-refractivity contribution is 0.917. The van der Waals surface area contributed by atoms with Gasteiger partial charge in [-0.05, 0) is 36.0 Å². The second kappa shape index (κ2) is 4.06. The van der Waals surface area contributed by atoms with Crippen LogP contribution in [0.5, 0.6) is 0 Å². The van der Waals surface area contributed by atoms with Gasteiger partial charge in [0, 0.05) is 12.4 Å². The Balaban J connectivity index is 2.03. The molecule has 84 valence electrons. The Morgan fingerprint density at radius 2 is 2.06 bits per heavy atom. The number of rotatable bonds is 2. The first kappa shape index (κ1) is 10.1. The Hall–Kier alpha value is -2.08. The fourth-order valence-corrected chi connectivity index (χ4v) is 2.27. The normalized spacial score (nSPS) is 10.8. The molecule has 0 aromatic carbocycles. The Morgan fingerprint density at radius 1 is 1.12 bits per heavy atom. The van der Waals surface area contributed by atoms with Crippen LogP contribution in [0.15, 0.2) is 52.9 Å². The minimum absolute atomic E-state index is 0.644. The van der Waals surface area contributed by atoms with Crippen molar-refractivity contribution >= 4 is 23.1 Å². The van der Waals surface area contributed by atoms with Crippen molar-refractivity contribution in [2.75, 3.05) is 5.73 Å². The van der Waals surface area contributed by atoms with Gasteiger partial charge in [0.2, 0.25) is 5.16 Å². The molecule has 0 atom stereocenters. The average Bonchev–Trinajstić information content (AvgIpc) is 2.76. The van der Waals surface area contributed by atoms with Crippen LogP contribution in [0.2, 0.25) is 0 Å². The van der Waals surface area contributed by atoms with Gasteiger partial charge in [-0.3, -0.25) is 4.40 Å². The van der Waals surface area contributed by atoms with Crippen LogP contribution < -0.4 is 5.73 Å². The molecule has 3 heterocycles. The fraction of sp³-hybridized carbons (Fsp3) is 0. The third kappa shape index (κ3) is 1.83. The van der Waals surface area contributed by atoms with Crippen LogP contribution in [0.4, 0.5) is 5.69 Å². The zero-order valence-electron chi connectivity index (χ0n) is 8.82. The average molecular weight is 243 g/mol. The van der Waals surface area contributed by atoms with Gasteiger partial charge in [-0.2, -0.15) is 0 Å². The van der Waals surface area contributed by atoms with Crippen LogP contribution >= 0.6 is 11.8 Å². The maximum Gasteiger partial charge on any atom is 0.201 e. The van der Waals surface area contributed by atoms with Crippen LogP contribution in [0.3, 0.4) is 0 Å². The molecule has 0 saturated carbocycles. The van der Waals surface area contributed by atoms with Gasteiger partial charge in [0.15, 0.2) is 5.65 Å².